The molecule has 0 aromatic heterocycles. The van der Waals surface area contributed by atoms with Crippen molar-refractivity contribution in [1.29, 1.82) is 0 Å². The number of hydrogen-bond acceptors (Lipinski definition) is 3. The Kier molecular flexibility index (Phi) is 6.34. The number of guanidine groups is 1. The van der Waals surface area contributed by atoms with Crippen LogP contribution >= 0.6 is 0 Å². The minimum absolute atomic E-state index is 0.611. The Bertz CT molecular complexity index is 599. The summed E-state index contributed by atoms with van der Waals surface area (Å²) in [5.74, 6) is 1.59. The molecule has 1 aromatic rings. The largest absolute Gasteiger partial charge is 0.381 e. The van der Waals surface area contributed by atoms with Crippen molar-refractivity contribution in [3.8, 4) is 0 Å². The van der Waals surface area contributed by atoms with Gasteiger partial charge in [-0.2, -0.15) is 0 Å². The predicted octanol–water partition coefficient (Wildman–Crippen LogP) is 2.50. The van der Waals surface area contributed by atoms with Crippen molar-refractivity contribution in [3.05, 3.63) is 42.0 Å². The van der Waals surface area contributed by atoms with Crippen molar-refractivity contribution in [1.82, 2.24) is 10.2 Å². The number of anilines is 1. The highest BCUT2D eigenvalue weighted by Crippen LogP contribution is 2.19. The van der Waals surface area contributed by atoms with E-state index < -0.39 is 0 Å². The minimum atomic E-state index is 0.611. The molecular weight excluding hydrogens is 312 g/mol. The number of rotatable bonds is 6. The second-order valence-electron chi connectivity index (χ2n) is 6.83. The highest BCUT2D eigenvalue weighted by molar-refractivity contribution is 5.79. The van der Waals surface area contributed by atoms with Crippen LogP contribution in [0.2, 0.25) is 0 Å². The maximum Gasteiger partial charge on any atom is 0.193 e. The van der Waals surface area contributed by atoms with Gasteiger partial charge >= 0.3 is 0 Å². The van der Waals surface area contributed by atoms with E-state index in [0.717, 1.165) is 51.8 Å². The van der Waals surface area contributed by atoms with Gasteiger partial charge in [-0.05, 0) is 31.0 Å². The maximum absolute atomic E-state index is 5.49. The first-order valence-corrected chi connectivity index (χ1v) is 9.32. The van der Waals surface area contributed by atoms with Crippen LogP contribution in [0.1, 0.15) is 18.9 Å². The number of benzene rings is 1. The lowest BCUT2D eigenvalue weighted by molar-refractivity contribution is 0.181. The van der Waals surface area contributed by atoms with Crippen LogP contribution in [-0.2, 0) is 11.3 Å². The summed E-state index contributed by atoms with van der Waals surface area (Å²) in [4.78, 5) is 9.45. The molecule has 5 heteroatoms. The van der Waals surface area contributed by atoms with Gasteiger partial charge in [0.1, 0.15) is 0 Å². The van der Waals surface area contributed by atoms with Gasteiger partial charge < -0.3 is 19.9 Å². The smallest absolute Gasteiger partial charge is 0.193 e. The van der Waals surface area contributed by atoms with Gasteiger partial charge in [0.25, 0.3) is 0 Å². The van der Waals surface area contributed by atoms with Crippen molar-refractivity contribution in [3.63, 3.8) is 0 Å². The summed E-state index contributed by atoms with van der Waals surface area (Å²) in [6.07, 6.45) is 5.58. The summed E-state index contributed by atoms with van der Waals surface area (Å²) < 4.78 is 5.49. The molecule has 136 valence electrons. The van der Waals surface area contributed by atoms with E-state index in [1.807, 2.05) is 0 Å². The topological polar surface area (TPSA) is 40.1 Å². The third kappa shape index (κ3) is 4.98. The molecular formula is C20H30N4O. The normalized spacial score (nSPS) is 20.3. The van der Waals surface area contributed by atoms with E-state index in [1.54, 1.807) is 0 Å². The van der Waals surface area contributed by atoms with E-state index in [9.17, 15) is 0 Å². The van der Waals surface area contributed by atoms with Crippen LogP contribution in [0, 0.1) is 5.92 Å². The summed E-state index contributed by atoms with van der Waals surface area (Å²) >= 11 is 0. The van der Waals surface area contributed by atoms with E-state index in [2.05, 4.69) is 65.5 Å². The highest BCUT2D eigenvalue weighted by Gasteiger charge is 2.19. The Balaban J connectivity index is 1.63. The second kappa shape index (κ2) is 8.90. The molecule has 2 aliphatic rings. The zero-order valence-corrected chi connectivity index (χ0v) is 15.4. The molecule has 1 N–H and O–H groups in total. The predicted molar refractivity (Wildman–Crippen MR) is 104 cm³/mol. The molecule has 2 aliphatic heterocycles. The molecule has 0 bridgehead atoms. The number of ether oxygens (including phenoxy) is 1. The molecule has 0 aliphatic carbocycles. The van der Waals surface area contributed by atoms with Crippen molar-refractivity contribution in [2.24, 2.45) is 10.9 Å². The van der Waals surface area contributed by atoms with Crippen molar-refractivity contribution in [2.45, 2.75) is 19.9 Å². The average Bonchev–Trinajstić information content (AvgIpc) is 3.32. The minimum Gasteiger partial charge on any atom is -0.381 e. The summed E-state index contributed by atoms with van der Waals surface area (Å²) in [6.45, 7) is 8.45. The lowest BCUT2D eigenvalue weighted by atomic mass is 10.1. The van der Waals surface area contributed by atoms with Crippen molar-refractivity contribution in [2.75, 3.05) is 51.3 Å². The monoisotopic (exact) mass is 342 g/mol. The molecule has 3 rings (SSSR count). The molecule has 1 fully saturated rings. The Morgan fingerprint density at radius 2 is 2.20 bits per heavy atom. The van der Waals surface area contributed by atoms with Gasteiger partial charge in [-0.1, -0.05) is 24.3 Å². The molecule has 25 heavy (non-hydrogen) atoms. The summed E-state index contributed by atoms with van der Waals surface area (Å²) in [5, 5.41) is 3.41. The van der Waals surface area contributed by atoms with E-state index in [-0.39, 0.29) is 0 Å². The van der Waals surface area contributed by atoms with E-state index in [0.29, 0.717) is 12.5 Å². The van der Waals surface area contributed by atoms with Crippen molar-refractivity contribution >= 4 is 11.6 Å². The van der Waals surface area contributed by atoms with E-state index >= 15 is 0 Å². The number of aliphatic imine (C=N–C) groups is 1. The molecule has 0 radical (unpaired) electrons. The Morgan fingerprint density at radius 1 is 1.36 bits per heavy atom. The van der Waals surface area contributed by atoms with Crippen LogP contribution in [0.3, 0.4) is 0 Å². The van der Waals surface area contributed by atoms with Crippen molar-refractivity contribution < 1.29 is 4.74 Å². The second-order valence-corrected chi connectivity index (χ2v) is 6.83. The zero-order valence-electron chi connectivity index (χ0n) is 15.4. The molecule has 1 aromatic carbocycles. The summed E-state index contributed by atoms with van der Waals surface area (Å²) in [6, 6.07) is 8.72. The molecule has 2 heterocycles. The van der Waals surface area contributed by atoms with Gasteiger partial charge in [0.05, 0.1) is 13.2 Å². The van der Waals surface area contributed by atoms with Gasteiger partial charge in [-0.3, -0.25) is 0 Å². The van der Waals surface area contributed by atoms with Gasteiger partial charge in [0, 0.05) is 51.4 Å². The first-order valence-electron chi connectivity index (χ1n) is 9.32. The maximum atomic E-state index is 5.49. The zero-order chi connectivity index (χ0) is 17.5. The SMILES string of the molecule is CCNC(=NCc1cccc(N2CC=CC2)c1)N(C)CC1CCOC1. The number of nitrogens with one attached hydrogen (secondary N) is 1. The van der Waals surface area contributed by atoms with Crippen LogP contribution in [0.4, 0.5) is 5.69 Å². The highest BCUT2D eigenvalue weighted by atomic mass is 16.5. The number of hydrogen-bond donors (Lipinski definition) is 1. The molecule has 0 amide bonds. The first kappa shape index (κ1) is 17.8. The third-order valence-electron chi connectivity index (χ3n) is 4.76. The molecule has 5 nitrogen and oxygen atoms in total. The van der Waals surface area contributed by atoms with Gasteiger partial charge in [0.15, 0.2) is 5.96 Å². The fraction of sp³-hybridized carbons (Fsp3) is 0.550. The van der Waals surface area contributed by atoms with Crippen LogP contribution in [0.15, 0.2) is 41.4 Å². The Morgan fingerprint density at radius 3 is 2.92 bits per heavy atom. The molecule has 1 unspecified atom stereocenters. The summed E-state index contributed by atoms with van der Waals surface area (Å²) in [7, 11) is 2.12. The Hall–Kier alpha value is -2.01. The number of nitrogens with zero attached hydrogens (tertiary/aromatic N) is 3. The average molecular weight is 342 g/mol. The lowest BCUT2D eigenvalue weighted by Crippen LogP contribution is -2.41. The van der Waals surface area contributed by atoms with Gasteiger partial charge in [-0.15, -0.1) is 0 Å². The molecule has 1 saturated heterocycles. The summed E-state index contributed by atoms with van der Waals surface area (Å²) in [5.41, 5.74) is 2.52. The van der Waals surface area contributed by atoms with E-state index in [4.69, 9.17) is 9.73 Å². The van der Waals surface area contributed by atoms with E-state index in [1.165, 1.54) is 11.3 Å². The molecule has 0 saturated carbocycles. The fourth-order valence-electron chi connectivity index (χ4n) is 3.38. The Labute approximate surface area is 151 Å². The lowest BCUT2D eigenvalue weighted by Gasteiger charge is -2.24. The first-order chi connectivity index (χ1) is 12.3. The van der Waals surface area contributed by atoms with Gasteiger partial charge in [-0.25, -0.2) is 4.99 Å². The van der Waals surface area contributed by atoms with Crippen LogP contribution in [-0.4, -0.2) is 57.3 Å². The quantitative estimate of drug-likeness (QED) is 0.490. The van der Waals surface area contributed by atoms with Crippen LogP contribution in [0.25, 0.3) is 0 Å². The van der Waals surface area contributed by atoms with Crippen LogP contribution in [0.5, 0.6) is 0 Å². The standard InChI is InChI=1S/C20H30N4O/c1-3-21-20(23(2)15-18-9-12-25-16-18)22-14-17-7-6-8-19(13-17)24-10-4-5-11-24/h4-8,13,18H,3,9-12,14-16H2,1-2H3,(H,21,22). The molecule has 0 spiro atoms. The van der Waals surface area contributed by atoms with Crippen LogP contribution < -0.4 is 10.2 Å². The third-order valence-corrected chi connectivity index (χ3v) is 4.76. The fourth-order valence-corrected chi connectivity index (χ4v) is 3.38. The van der Waals surface area contributed by atoms with Gasteiger partial charge in [0.2, 0.25) is 0 Å². The molecule has 1 atom stereocenters.